The van der Waals surface area contributed by atoms with Crippen LogP contribution in [0.4, 0.5) is 9.18 Å². The topological polar surface area (TPSA) is 67.8 Å². The molecule has 0 radical (unpaired) electrons. The van der Waals surface area contributed by atoms with Gasteiger partial charge in [0, 0.05) is 17.5 Å². The maximum absolute atomic E-state index is 13.5. The number of amides is 1. The van der Waals surface area contributed by atoms with Crippen molar-refractivity contribution in [3.05, 3.63) is 29.1 Å². The normalized spacial score (nSPS) is 20.3. The number of rotatable bonds is 3. The largest absolute Gasteiger partial charge is 0.485 e. The number of nitrogens with one attached hydrogen (secondary N) is 1. The van der Waals surface area contributed by atoms with Gasteiger partial charge in [-0.05, 0) is 39.8 Å². The van der Waals surface area contributed by atoms with Gasteiger partial charge < -0.3 is 19.9 Å². The predicted octanol–water partition coefficient (Wildman–Crippen LogP) is 2.54. The molecule has 1 amide bonds. The summed E-state index contributed by atoms with van der Waals surface area (Å²) in [5.74, 6) is 0.0909. The van der Waals surface area contributed by atoms with Gasteiger partial charge in [-0.25, -0.2) is 9.18 Å². The number of aliphatic hydroxyl groups is 1. The number of halogens is 1. The lowest BCUT2D eigenvalue weighted by molar-refractivity contribution is 0.0446. The SMILES string of the molecule is CC(C)(C)OC(=O)NCC1(C)Cc2cc(F)cc(CO)c2O1. The Morgan fingerprint density at radius 2 is 2.18 bits per heavy atom. The third-order valence-corrected chi connectivity index (χ3v) is 3.30. The molecule has 122 valence electrons. The van der Waals surface area contributed by atoms with Gasteiger partial charge in [-0.15, -0.1) is 0 Å². The van der Waals surface area contributed by atoms with E-state index in [0.717, 1.165) is 0 Å². The lowest BCUT2D eigenvalue weighted by Crippen LogP contribution is -2.45. The Morgan fingerprint density at radius 1 is 1.50 bits per heavy atom. The Labute approximate surface area is 129 Å². The molecule has 2 rings (SSSR count). The fourth-order valence-electron chi connectivity index (χ4n) is 2.45. The number of carbonyl (C=O) groups excluding carboxylic acids is 1. The van der Waals surface area contributed by atoms with E-state index in [0.29, 0.717) is 23.3 Å². The van der Waals surface area contributed by atoms with Gasteiger partial charge in [0.25, 0.3) is 0 Å². The van der Waals surface area contributed by atoms with E-state index in [4.69, 9.17) is 9.47 Å². The first-order valence-corrected chi connectivity index (χ1v) is 7.20. The summed E-state index contributed by atoms with van der Waals surface area (Å²) in [5, 5.41) is 12.0. The smallest absolute Gasteiger partial charge is 0.407 e. The molecule has 1 aliphatic heterocycles. The van der Waals surface area contributed by atoms with Crippen molar-refractivity contribution in [3.8, 4) is 5.75 Å². The standard InChI is InChI=1S/C16H22FNO4/c1-15(2,3)22-14(20)18-9-16(4)7-10-5-12(17)6-11(8-19)13(10)21-16/h5-6,19H,7-9H2,1-4H3,(H,18,20). The maximum atomic E-state index is 13.5. The molecule has 2 N–H and O–H groups in total. The summed E-state index contributed by atoms with van der Waals surface area (Å²) in [5.41, 5.74) is -0.164. The van der Waals surface area contributed by atoms with Crippen molar-refractivity contribution in [2.45, 2.75) is 51.9 Å². The van der Waals surface area contributed by atoms with Crippen LogP contribution < -0.4 is 10.1 Å². The summed E-state index contributed by atoms with van der Waals surface area (Å²) in [7, 11) is 0. The maximum Gasteiger partial charge on any atom is 0.407 e. The number of hydrogen-bond acceptors (Lipinski definition) is 4. The summed E-state index contributed by atoms with van der Waals surface area (Å²) in [6.45, 7) is 7.10. The van der Waals surface area contributed by atoms with E-state index in [9.17, 15) is 14.3 Å². The monoisotopic (exact) mass is 311 g/mol. The number of benzene rings is 1. The molecule has 1 aliphatic rings. The first kappa shape index (κ1) is 16.5. The van der Waals surface area contributed by atoms with Crippen LogP contribution in [0.1, 0.15) is 38.8 Å². The highest BCUT2D eigenvalue weighted by atomic mass is 19.1. The first-order chi connectivity index (χ1) is 10.1. The minimum atomic E-state index is -0.697. The van der Waals surface area contributed by atoms with E-state index in [2.05, 4.69) is 5.32 Å². The average Bonchev–Trinajstić information content (AvgIpc) is 2.70. The minimum absolute atomic E-state index is 0.225. The van der Waals surface area contributed by atoms with Gasteiger partial charge in [0.05, 0.1) is 13.2 Å². The van der Waals surface area contributed by atoms with Crippen molar-refractivity contribution < 1.29 is 23.8 Å². The fraction of sp³-hybridized carbons (Fsp3) is 0.562. The van der Waals surface area contributed by atoms with Crippen molar-refractivity contribution in [1.29, 1.82) is 0 Å². The van der Waals surface area contributed by atoms with Crippen LogP contribution in [0, 0.1) is 5.82 Å². The minimum Gasteiger partial charge on any atom is -0.485 e. The van der Waals surface area contributed by atoms with E-state index in [1.54, 1.807) is 20.8 Å². The van der Waals surface area contributed by atoms with Gasteiger partial charge in [0.1, 0.15) is 22.8 Å². The Hall–Kier alpha value is -1.82. The number of ether oxygens (including phenoxy) is 2. The highest BCUT2D eigenvalue weighted by molar-refractivity contribution is 5.67. The van der Waals surface area contributed by atoms with Gasteiger partial charge in [-0.1, -0.05) is 0 Å². The van der Waals surface area contributed by atoms with Crippen LogP contribution in [0.2, 0.25) is 0 Å². The molecule has 0 aliphatic carbocycles. The Morgan fingerprint density at radius 3 is 2.77 bits per heavy atom. The van der Waals surface area contributed by atoms with Crippen LogP contribution in [0.3, 0.4) is 0 Å². The molecule has 1 unspecified atom stereocenters. The van der Waals surface area contributed by atoms with Gasteiger partial charge in [0.15, 0.2) is 0 Å². The zero-order valence-corrected chi connectivity index (χ0v) is 13.3. The van der Waals surface area contributed by atoms with Crippen LogP contribution >= 0.6 is 0 Å². The summed E-state index contributed by atoms with van der Waals surface area (Å²) in [6.07, 6.45) is -0.0788. The summed E-state index contributed by atoms with van der Waals surface area (Å²) < 4.78 is 24.5. The molecule has 5 nitrogen and oxygen atoms in total. The molecule has 1 aromatic carbocycles. The van der Waals surface area contributed by atoms with Crippen LogP contribution in [-0.4, -0.2) is 28.9 Å². The van der Waals surface area contributed by atoms with Gasteiger partial charge >= 0.3 is 6.09 Å². The third-order valence-electron chi connectivity index (χ3n) is 3.30. The van der Waals surface area contributed by atoms with Crippen LogP contribution in [0.15, 0.2) is 12.1 Å². The molecule has 1 atom stereocenters. The second kappa shape index (κ2) is 5.76. The number of aliphatic hydroxyl groups excluding tert-OH is 1. The molecule has 6 heteroatoms. The van der Waals surface area contributed by atoms with E-state index in [1.807, 2.05) is 6.92 Å². The van der Waals surface area contributed by atoms with E-state index in [1.165, 1.54) is 12.1 Å². The molecule has 1 aromatic rings. The number of alkyl carbamates (subject to hydrolysis) is 1. The second-order valence-electron chi connectivity index (χ2n) is 6.80. The molecule has 0 fully saturated rings. The zero-order chi connectivity index (χ0) is 16.5. The molecule has 0 spiro atoms. The predicted molar refractivity (Wildman–Crippen MR) is 79.3 cm³/mol. The molecule has 22 heavy (non-hydrogen) atoms. The van der Waals surface area contributed by atoms with Crippen molar-refractivity contribution in [2.75, 3.05) is 6.54 Å². The molecular weight excluding hydrogens is 289 g/mol. The molecular formula is C16H22FNO4. The fourth-order valence-corrected chi connectivity index (χ4v) is 2.45. The van der Waals surface area contributed by atoms with Gasteiger partial charge in [-0.3, -0.25) is 0 Å². The Balaban J connectivity index is 2.04. The van der Waals surface area contributed by atoms with E-state index in [-0.39, 0.29) is 13.2 Å². The van der Waals surface area contributed by atoms with E-state index < -0.39 is 23.1 Å². The number of carbonyl (C=O) groups is 1. The van der Waals surface area contributed by atoms with Crippen LogP contribution in [-0.2, 0) is 17.8 Å². The highest BCUT2D eigenvalue weighted by Crippen LogP contribution is 2.38. The lowest BCUT2D eigenvalue weighted by Gasteiger charge is -2.26. The van der Waals surface area contributed by atoms with Gasteiger partial charge in [-0.2, -0.15) is 0 Å². The van der Waals surface area contributed by atoms with Crippen molar-refractivity contribution in [1.82, 2.24) is 5.32 Å². The van der Waals surface area contributed by atoms with Crippen molar-refractivity contribution >= 4 is 6.09 Å². The summed E-state index contributed by atoms with van der Waals surface area (Å²) >= 11 is 0. The molecule has 0 saturated carbocycles. The van der Waals surface area contributed by atoms with Crippen molar-refractivity contribution in [3.63, 3.8) is 0 Å². The van der Waals surface area contributed by atoms with E-state index >= 15 is 0 Å². The lowest BCUT2D eigenvalue weighted by atomic mass is 9.98. The second-order valence-corrected chi connectivity index (χ2v) is 6.80. The summed E-state index contributed by atoms with van der Waals surface area (Å²) in [4.78, 5) is 11.7. The zero-order valence-electron chi connectivity index (χ0n) is 13.3. The number of hydrogen-bond donors (Lipinski definition) is 2. The van der Waals surface area contributed by atoms with Gasteiger partial charge in [0.2, 0.25) is 0 Å². The summed E-state index contributed by atoms with van der Waals surface area (Å²) in [6, 6.07) is 2.65. The Bertz CT molecular complexity index is 582. The molecule has 0 saturated heterocycles. The average molecular weight is 311 g/mol. The van der Waals surface area contributed by atoms with Crippen LogP contribution in [0.25, 0.3) is 0 Å². The quantitative estimate of drug-likeness (QED) is 0.900. The van der Waals surface area contributed by atoms with Crippen molar-refractivity contribution in [2.24, 2.45) is 0 Å². The first-order valence-electron chi connectivity index (χ1n) is 7.20. The highest BCUT2D eigenvalue weighted by Gasteiger charge is 2.37. The number of fused-ring (bicyclic) bond motifs is 1. The Kier molecular flexibility index (Phi) is 4.33. The molecule has 0 bridgehead atoms. The molecule has 1 heterocycles. The third kappa shape index (κ3) is 3.88. The molecule has 0 aromatic heterocycles. The van der Waals surface area contributed by atoms with Crippen LogP contribution in [0.5, 0.6) is 5.75 Å².